The van der Waals surface area contributed by atoms with Crippen LogP contribution < -0.4 is 9.47 Å². The van der Waals surface area contributed by atoms with Crippen molar-refractivity contribution in [2.75, 3.05) is 46.9 Å². The van der Waals surface area contributed by atoms with Gasteiger partial charge in [0.1, 0.15) is 11.5 Å². The molecule has 6 heteroatoms. The Balaban J connectivity index is 1.91. The van der Waals surface area contributed by atoms with E-state index < -0.39 is 6.43 Å². The number of piperazine rings is 1. The normalized spacial score (nSPS) is 17.2. The van der Waals surface area contributed by atoms with Crippen molar-refractivity contribution in [2.24, 2.45) is 0 Å². The molecule has 0 atom stereocenters. The van der Waals surface area contributed by atoms with Gasteiger partial charge in [-0.2, -0.15) is 0 Å². The van der Waals surface area contributed by atoms with E-state index in [9.17, 15) is 8.78 Å². The van der Waals surface area contributed by atoms with Crippen molar-refractivity contribution in [3.63, 3.8) is 0 Å². The van der Waals surface area contributed by atoms with Gasteiger partial charge in [-0.1, -0.05) is 0 Å². The molecule has 0 radical (unpaired) electrons. The molecule has 118 valence electrons. The van der Waals surface area contributed by atoms with Gasteiger partial charge in [0.15, 0.2) is 0 Å². The van der Waals surface area contributed by atoms with Crippen LogP contribution in [0.1, 0.15) is 5.56 Å². The molecule has 4 nitrogen and oxygen atoms in total. The Labute approximate surface area is 124 Å². The van der Waals surface area contributed by atoms with Crippen LogP contribution in [0.4, 0.5) is 8.78 Å². The number of alkyl halides is 2. The summed E-state index contributed by atoms with van der Waals surface area (Å²) in [5, 5.41) is 0. The van der Waals surface area contributed by atoms with Crippen molar-refractivity contribution >= 4 is 0 Å². The lowest BCUT2D eigenvalue weighted by Gasteiger charge is -2.34. The fraction of sp³-hybridized carbons (Fsp3) is 0.600. The number of hydrogen-bond acceptors (Lipinski definition) is 4. The van der Waals surface area contributed by atoms with Crippen LogP contribution in [0.2, 0.25) is 0 Å². The Kier molecular flexibility index (Phi) is 5.76. The number of halogens is 2. The molecule has 21 heavy (non-hydrogen) atoms. The maximum Gasteiger partial charge on any atom is 0.251 e. The molecule has 0 saturated carbocycles. The van der Waals surface area contributed by atoms with Crippen LogP contribution in [-0.2, 0) is 6.54 Å². The van der Waals surface area contributed by atoms with Gasteiger partial charge >= 0.3 is 0 Å². The molecule has 0 N–H and O–H groups in total. The number of benzene rings is 1. The first-order chi connectivity index (χ1) is 10.1. The summed E-state index contributed by atoms with van der Waals surface area (Å²) in [5.74, 6) is 1.53. The van der Waals surface area contributed by atoms with E-state index in [1.807, 2.05) is 23.1 Å². The Hall–Kier alpha value is -1.40. The minimum Gasteiger partial charge on any atom is -0.497 e. The van der Waals surface area contributed by atoms with Crippen LogP contribution in [0.3, 0.4) is 0 Å². The molecular formula is C15H22F2N2O2. The average molecular weight is 300 g/mol. The second-order valence-corrected chi connectivity index (χ2v) is 5.19. The quantitative estimate of drug-likeness (QED) is 0.803. The van der Waals surface area contributed by atoms with Gasteiger partial charge in [0.2, 0.25) is 0 Å². The van der Waals surface area contributed by atoms with Crippen molar-refractivity contribution in [2.45, 2.75) is 13.0 Å². The molecule has 1 heterocycles. The molecular weight excluding hydrogens is 278 g/mol. The molecule has 0 bridgehead atoms. The monoisotopic (exact) mass is 300 g/mol. The first-order valence-corrected chi connectivity index (χ1v) is 7.05. The van der Waals surface area contributed by atoms with Crippen molar-refractivity contribution in [3.05, 3.63) is 23.8 Å². The summed E-state index contributed by atoms with van der Waals surface area (Å²) in [7, 11) is 3.25. The van der Waals surface area contributed by atoms with E-state index >= 15 is 0 Å². The largest absolute Gasteiger partial charge is 0.497 e. The predicted molar refractivity (Wildman–Crippen MR) is 77.3 cm³/mol. The van der Waals surface area contributed by atoms with Gasteiger partial charge in [0, 0.05) is 38.8 Å². The summed E-state index contributed by atoms with van der Waals surface area (Å²) in [6.45, 7) is 3.62. The van der Waals surface area contributed by atoms with E-state index in [1.165, 1.54) is 0 Å². The predicted octanol–water partition coefficient (Wildman–Crippen LogP) is 2.09. The second kappa shape index (κ2) is 7.56. The lowest BCUT2D eigenvalue weighted by molar-refractivity contribution is 0.0543. The third-order valence-corrected chi connectivity index (χ3v) is 3.68. The zero-order valence-corrected chi connectivity index (χ0v) is 12.5. The van der Waals surface area contributed by atoms with Crippen molar-refractivity contribution in [1.82, 2.24) is 9.80 Å². The SMILES string of the molecule is COc1cc(CN2CCN(CC(F)F)CC2)cc(OC)c1. The summed E-state index contributed by atoms with van der Waals surface area (Å²) in [6.07, 6.45) is -2.25. The molecule has 0 aromatic heterocycles. The zero-order chi connectivity index (χ0) is 15.2. The van der Waals surface area contributed by atoms with Gasteiger partial charge in [-0.25, -0.2) is 8.78 Å². The van der Waals surface area contributed by atoms with Gasteiger partial charge < -0.3 is 9.47 Å². The molecule has 1 aliphatic heterocycles. The van der Waals surface area contributed by atoms with Gasteiger partial charge in [0.05, 0.1) is 20.8 Å². The summed E-state index contributed by atoms with van der Waals surface area (Å²) < 4.78 is 35.2. The lowest BCUT2D eigenvalue weighted by Crippen LogP contribution is -2.47. The number of nitrogens with zero attached hydrogens (tertiary/aromatic N) is 2. The highest BCUT2D eigenvalue weighted by molar-refractivity contribution is 5.38. The lowest BCUT2D eigenvalue weighted by atomic mass is 10.1. The fourth-order valence-electron chi connectivity index (χ4n) is 2.54. The fourth-order valence-corrected chi connectivity index (χ4v) is 2.54. The molecule has 2 rings (SSSR count). The van der Waals surface area contributed by atoms with Gasteiger partial charge in [-0.3, -0.25) is 9.80 Å². The standard InChI is InChI=1S/C15H22F2N2O2/c1-20-13-7-12(8-14(9-13)21-2)10-18-3-5-19(6-4-18)11-15(16)17/h7-9,15H,3-6,10-11H2,1-2H3. The first-order valence-electron chi connectivity index (χ1n) is 7.05. The van der Waals surface area contributed by atoms with Crippen molar-refractivity contribution in [1.29, 1.82) is 0 Å². The summed E-state index contributed by atoms with van der Waals surface area (Å²) in [6, 6.07) is 5.80. The van der Waals surface area contributed by atoms with E-state index in [1.54, 1.807) is 14.2 Å². The third kappa shape index (κ3) is 4.82. The number of hydrogen-bond donors (Lipinski definition) is 0. The second-order valence-electron chi connectivity index (χ2n) is 5.19. The number of rotatable bonds is 6. The van der Waals surface area contributed by atoms with E-state index in [-0.39, 0.29) is 6.54 Å². The highest BCUT2D eigenvalue weighted by Crippen LogP contribution is 2.23. The third-order valence-electron chi connectivity index (χ3n) is 3.68. The summed E-state index contributed by atoms with van der Waals surface area (Å²) in [4.78, 5) is 4.07. The highest BCUT2D eigenvalue weighted by Gasteiger charge is 2.19. The molecule has 1 aliphatic rings. The molecule has 0 unspecified atom stereocenters. The molecule has 1 fully saturated rings. The van der Waals surface area contributed by atoms with Gasteiger partial charge in [-0.05, 0) is 17.7 Å². The molecule has 1 saturated heterocycles. The number of ether oxygens (including phenoxy) is 2. The minimum atomic E-state index is -2.25. The van der Waals surface area contributed by atoms with E-state index in [2.05, 4.69) is 4.90 Å². The maximum absolute atomic E-state index is 12.3. The Bertz CT molecular complexity index is 427. The van der Waals surface area contributed by atoms with Gasteiger partial charge in [0.25, 0.3) is 6.43 Å². The van der Waals surface area contributed by atoms with Crippen LogP contribution in [0.5, 0.6) is 11.5 Å². The van der Waals surface area contributed by atoms with Gasteiger partial charge in [-0.15, -0.1) is 0 Å². The van der Waals surface area contributed by atoms with E-state index in [4.69, 9.17) is 9.47 Å². The molecule has 0 aliphatic carbocycles. The van der Waals surface area contributed by atoms with E-state index in [0.717, 1.165) is 36.7 Å². The van der Waals surface area contributed by atoms with E-state index in [0.29, 0.717) is 13.1 Å². The zero-order valence-electron chi connectivity index (χ0n) is 12.5. The van der Waals surface area contributed by atoms with Crippen molar-refractivity contribution < 1.29 is 18.3 Å². The van der Waals surface area contributed by atoms with Crippen LogP contribution in [0.15, 0.2) is 18.2 Å². The Morgan fingerprint density at radius 1 is 0.952 bits per heavy atom. The number of methoxy groups -OCH3 is 2. The first kappa shape index (κ1) is 16.0. The van der Waals surface area contributed by atoms with Crippen LogP contribution >= 0.6 is 0 Å². The van der Waals surface area contributed by atoms with Crippen LogP contribution in [0.25, 0.3) is 0 Å². The highest BCUT2D eigenvalue weighted by atomic mass is 19.3. The molecule has 1 aromatic carbocycles. The molecule has 1 aromatic rings. The summed E-state index contributed by atoms with van der Waals surface area (Å²) >= 11 is 0. The van der Waals surface area contributed by atoms with Crippen molar-refractivity contribution in [3.8, 4) is 11.5 Å². The molecule has 0 spiro atoms. The van der Waals surface area contributed by atoms with Crippen LogP contribution in [0, 0.1) is 0 Å². The minimum absolute atomic E-state index is 0.124. The Morgan fingerprint density at radius 3 is 1.95 bits per heavy atom. The average Bonchev–Trinajstić information content (AvgIpc) is 2.48. The smallest absolute Gasteiger partial charge is 0.251 e. The Morgan fingerprint density at radius 2 is 1.48 bits per heavy atom. The topological polar surface area (TPSA) is 24.9 Å². The maximum atomic E-state index is 12.3. The van der Waals surface area contributed by atoms with Crippen LogP contribution in [-0.4, -0.2) is 63.2 Å². The summed E-state index contributed by atoms with van der Waals surface area (Å²) in [5.41, 5.74) is 1.11. The molecule has 0 amide bonds.